The molecule has 3 heteroatoms. The Kier molecular flexibility index (Phi) is 5.09. The zero-order chi connectivity index (χ0) is 11.3. The van der Waals surface area contributed by atoms with Crippen molar-refractivity contribution in [2.24, 2.45) is 5.92 Å². The van der Waals surface area contributed by atoms with Crippen molar-refractivity contribution >= 4 is 5.97 Å². The van der Waals surface area contributed by atoms with Crippen LogP contribution in [0.3, 0.4) is 0 Å². The molecule has 1 aliphatic rings. The standard InChI is InChI=1S/C12H22O3/c1-4-10-6-5-7-11(8-10)15-9(2)12(13)14-3/h9-11H,4-8H2,1-3H3/t9-,10?,11?/m0/s1. The summed E-state index contributed by atoms with van der Waals surface area (Å²) in [6.45, 7) is 3.98. The molecule has 3 nitrogen and oxygen atoms in total. The third kappa shape index (κ3) is 3.82. The Morgan fingerprint density at radius 3 is 2.80 bits per heavy atom. The van der Waals surface area contributed by atoms with E-state index in [4.69, 9.17) is 4.74 Å². The van der Waals surface area contributed by atoms with Gasteiger partial charge in [0.25, 0.3) is 0 Å². The zero-order valence-corrected chi connectivity index (χ0v) is 9.99. The van der Waals surface area contributed by atoms with Crippen LogP contribution in [0, 0.1) is 5.92 Å². The maximum Gasteiger partial charge on any atom is 0.334 e. The summed E-state index contributed by atoms with van der Waals surface area (Å²) < 4.78 is 10.3. The third-order valence-electron chi connectivity index (χ3n) is 3.24. The van der Waals surface area contributed by atoms with Crippen molar-refractivity contribution in [3.63, 3.8) is 0 Å². The minimum atomic E-state index is -0.421. The SMILES string of the molecule is CCC1CCCC(O[C@@H](C)C(=O)OC)C1. The molecule has 0 radical (unpaired) electrons. The molecule has 0 N–H and O–H groups in total. The molecule has 1 fully saturated rings. The average molecular weight is 214 g/mol. The predicted molar refractivity (Wildman–Crippen MR) is 58.6 cm³/mol. The molecular formula is C12H22O3. The van der Waals surface area contributed by atoms with E-state index in [2.05, 4.69) is 11.7 Å². The summed E-state index contributed by atoms with van der Waals surface area (Å²) in [5, 5.41) is 0. The topological polar surface area (TPSA) is 35.5 Å². The molecule has 0 saturated heterocycles. The van der Waals surface area contributed by atoms with Crippen molar-refractivity contribution in [1.82, 2.24) is 0 Å². The lowest BCUT2D eigenvalue weighted by Gasteiger charge is -2.29. The molecule has 0 amide bonds. The molecule has 0 aromatic carbocycles. The van der Waals surface area contributed by atoms with E-state index in [0.29, 0.717) is 0 Å². The number of hydrogen-bond donors (Lipinski definition) is 0. The first kappa shape index (κ1) is 12.5. The normalized spacial score (nSPS) is 28.5. The second-order valence-electron chi connectivity index (χ2n) is 4.36. The van der Waals surface area contributed by atoms with Gasteiger partial charge in [-0.25, -0.2) is 4.79 Å². The number of methoxy groups -OCH3 is 1. The first-order chi connectivity index (χ1) is 7.17. The lowest BCUT2D eigenvalue weighted by Crippen LogP contribution is -2.31. The van der Waals surface area contributed by atoms with Crippen LogP contribution < -0.4 is 0 Å². The number of hydrogen-bond acceptors (Lipinski definition) is 3. The molecule has 1 saturated carbocycles. The van der Waals surface area contributed by atoms with Crippen LogP contribution in [0.15, 0.2) is 0 Å². The molecule has 3 atom stereocenters. The van der Waals surface area contributed by atoms with Gasteiger partial charge in [0.2, 0.25) is 0 Å². The van der Waals surface area contributed by atoms with Gasteiger partial charge in [0.05, 0.1) is 13.2 Å². The average Bonchev–Trinajstić information content (AvgIpc) is 2.28. The van der Waals surface area contributed by atoms with Crippen molar-refractivity contribution < 1.29 is 14.3 Å². The molecule has 1 aliphatic carbocycles. The highest BCUT2D eigenvalue weighted by atomic mass is 16.6. The van der Waals surface area contributed by atoms with E-state index in [1.54, 1.807) is 6.92 Å². The highest BCUT2D eigenvalue weighted by Gasteiger charge is 2.25. The van der Waals surface area contributed by atoms with Crippen LogP contribution in [0.5, 0.6) is 0 Å². The van der Waals surface area contributed by atoms with E-state index in [0.717, 1.165) is 18.8 Å². The summed E-state index contributed by atoms with van der Waals surface area (Å²) in [5.74, 6) is 0.502. The zero-order valence-electron chi connectivity index (χ0n) is 9.99. The fraction of sp³-hybridized carbons (Fsp3) is 0.917. The van der Waals surface area contributed by atoms with Gasteiger partial charge >= 0.3 is 5.97 Å². The summed E-state index contributed by atoms with van der Waals surface area (Å²) in [4.78, 5) is 11.2. The van der Waals surface area contributed by atoms with Gasteiger partial charge in [-0.1, -0.05) is 26.2 Å². The lowest BCUT2D eigenvalue weighted by atomic mass is 9.85. The van der Waals surface area contributed by atoms with Gasteiger partial charge in [-0.15, -0.1) is 0 Å². The fourth-order valence-corrected chi connectivity index (χ4v) is 2.25. The minimum Gasteiger partial charge on any atom is -0.467 e. The van der Waals surface area contributed by atoms with Gasteiger partial charge < -0.3 is 9.47 Å². The van der Waals surface area contributed by atoms with Gasteiger partial charge in [0, 0.05) is 0 Å². The summed E-state index contributed by atoms with van der Waals surface area (Å²) in [7, 11) is 1.40. The van der Waals surface area contributed by atoms with Crippen molar-refractivity contribution in [1.29, 1.82) is 0 Å². The molecule has 0 heterocycles. The number of ether oxygens (including phenoxy) is 2. The van der Waals surface area contributed by atoms with Crippen LogP contribution in [-0.2, 0) is 14.3 Å². The molecule has 15 heavy (non-hydrogen) atoms. The quantitative estimate of drug-likeness (QED) is 0.675. The Bertz CT molecular complexity index is 203. The molecule has 0 aliphatic heterocycles. The van der Waals surface area contributed by atoms with E-state index in [1.165, 1.54) is 26.4 Å². The van der Waals surface area contributed by atoms with Gasteiger partial charge in [0.15, 0.2) is 6.10 Å². The highest BCUT2D eigenvalue weighted by molar-refractivity contribution is 5.73. The van der Waals surface area contributed by atoms with Crippen LogP contribution in [0.25, 0.3) is 0 Å². The largest absolute Gasteiger partial charge is 0.467 e. The highest BCUT2D eigenvalue weighted by Crippen LogP contribution is 2.29. The first-order valence-electron chi connectivity index (χ1n) is 5.90. The van der Waals surface area contributed by atoms with E-state index < -0.39 is 6.10 Å². The van der Waals surface area contributed by atoms with E-state index in [-0.39, 0.29) is 12.1 Å². The van der Waals surface area contributed by atoms with Crippen LogP contribution >= 0.6 is 0 Å². The molecule has 88 valence electrons. The summed E-state index contributed by atoms with van der Waals surface area (Å²) in [6, 6.07) is 0. The molecular weight excluding hydrogens is 192 g/mol. The van der Waals surface area contributed by atoms with E-state index in [1.807, 2.05) is 0 Å². The molecule has 0 aromatic heterocycles. The third-order valence-corrected chi connectivity index (χ3v) is 3.24. The smallest absolute Gasteiger partial charge is 0.334 e. The van der Waals surface area contributed by atoms with Crippen LogP contribution in [0.2, 0.25) is 0 Å². The number of carbonyl (C=O) groups excluding carboxylic acids is 1. The maximum atomic E-state index is 11.2. The summed E-state index contributed by atoms with van der Waals surface area (Å²) in [6.07, 6.45) is 5.75. The van der Waals surface area contributed by atoms with E-state index in [9.17, 15) is 4.79 Å². The monoisotopic (exact) mass is 214 g/mol. The molecule has 2 unspecified atom stereocenters. The summed E-state index contributed by atoms with van der Waals surface area (Å²) >= 11 is 0. The Hall–Kier alpha value is -0.570. The van der Waals surface area contributed by atoms with E-state index >= 15 is 0 Å². The molecule has 1 rings (SSSR count). The number of esters is 1. The second-order valence-corrected chi connectivity index (χ2v) is 4.36. The molecule has 0 spiro atoms. The van der Waals surface area contributed by atoms with Crippen molar-refractivity contribution in [2.45, 2.75) is 58.2 Å². The van der Waals surface area contributed by atoms with Crippen molar-refractivity contribution in [3.05, 3.63) is 0 Å². The van der Waals surface area contributed by atoms with Crippen molar-refractivity contribution in [2.75, 3.05) is 7.11 Å². The first-order valence-corrected chi connectivity index (χ1v) is 5.90. The predicted octanol–water partition coefficient (Wildman–Crippen LogP) is 2.53. The van der Waals surface area contributed by atoms with Crippen LogP contribution in [0.4, 0.5) is 0 Å². The van der Waals surface area contributed by atoms with Gasteiger partial charge in [-0.2, -0.15) is 0 Å². The number of carbonyl (C=O) groups is 1. The summed E-state index contributed by atoms with van der Waals surface area (Å²) in [5.41, 5.74) is 0. The maximum absolute atomic E-state index is 11.2. The Balaban J connectivity index is 2.34. The number of rotatable bonds is 4. The van der Waals surface area contributed by atoms with Crippen molar-refractivity contribution in [3.8, 4) is 0 Å². The second kappa shape index (κ2) is 6.11. The molecule has 0 aromatic rings. The Morgan fingerprint density at radius 1 is 1.47 bits per heavy atom. The Labute approximate surface area is 92.1 Å². The van der Waals surface area contributed by atoms with Crippen LogP contribution in [-0.4, -0.2) is 25.3 Å². The lowest BCUT2D eigenvalue weighted by molar-refractivity contribution is -0.158. The van der Waals surface area contributed by atoms with Gasteiger partial charge in [-0.3, -0.25) is 0 Å². The Morgan fingerprint density at radius 2 is 2.20 bits per heavy atom. The minimum absolute atomic E-state index is 0.248. The molecule has 0 bridgehead atoms. The van der Waals surface area contributed by atoms with Crippen LogP contribution in [0.1, 0.15) is 46.0 Å². The fourth-order valence-electron chi connectivity index (χ4n) is 2.25. The van der Waals surface area contributed by atoms with Gasteiger partial charge in [-0.05, 0) is 25.7 Å². The van der Waals surface area contributed by atoms with Gasteiger partial charge in [0.1, 0.15) is 0 Å².